The number of cyclic esters (lactones) is 1. The highest BCUT2D eigenvalue weighted by atomic mass is 16.6. The molecule has 0 N–H and O–H groups in total. The molecule has 0 amide bonds. The van der Waals surface area contributed by atoms with Crippen molar-refractivity contribution >= 4 is 23.6 Å². The predicted octanol–water partition coefficient (Wildman–Crippen LogP) is 2.94. The molecule has 0 bridgehead atoms. The lowest BCUT2D eigenvalue weighted by molar-refractivity contribution is -0.384. The minimum absolute atomic E-state index is 0.0482. The molecule has 1 aliphatic rings. The minimum Gasteiger partial charge on any atom is -0.402 e. The van der Waals surface area contributed by atoms with E-state index in [9.17, 15) is 14.9 Å². The van der Waals surface area contributed by atoms with Crippen LogP contribution in [0.4, 0.5) is 5.69 Å². The van der Waals surface area contributed by atoms with Gasteiger partial charge >= 0.3 is 5.97 Å². The Hall–Kier alpha value is -3.28. The number of nitro benzene ring substituents is 1. The van der Waals surface area contributed by atoms with Crippen LogP contribution in [0.1, 0.15) is 11.1 Å². The quantitative estimate of drug-likeness (QED) is 0.377. The Morgan fingerprint density at radius 2 is 1.86 bits per heavy atom. The number of ether oxygens (including phenoxy) is 1. The summed E-state index contributed by atoms with van der Waals surface area (Å²) >= 11 is 0. The van der Waals surface area contributed by atoms with Crippen LogP contribution in [0.2, 0.25) is 0 Å². The summed E-state index contributed by atoms with van der Waals surface area (Å²) in [6.07, 6.45) is 1.46. The van der Waals surface area contributed by atoms with Crippen molar-refractivity contribution in [1.29, 1.82) is 0 Å². The van der Waals surface area contributed by atoms with Crippen LogP contribution in [-0.2, 0) is 9.53 Å². The number of nitro groups is 1. The molecule has 1 aliphatic heterocycles. The predicted molar refractivity (Wildman–Crippen MR) is 80.1 cm³/mol. The van der Waals surface area contributed by atoms with Crippen molar-refractivity contribution in [3.63, 3.8) is 0 Å². The first-order valence-electron chi connectivity index (χ1n) is 6.46. The summed E-state index contributed by atoms with van der Waals surface area (Å²) < 4.78 is 5.12. The van der Waals surface area contributed by atoms with Gasteiger partial charge in [-0.15, -0.1) is 0 Å². The maximum absolute atomic E-state index is 11.8. The molecule has 0 fully saturated rings. The van der Waals surface area contributed by atoms with Crippen molar-refractivity contribution in [3.05, 3.63) is 81.5 Å². The fourth-order valence-electron chi connectivity index (χ4n) is 2.00. The van der Waals surface area contributed by atoms with Gasteiger partial charge < -0.3 is 4.74 Å². The number of benzene rings is 2. The molecule has 0 aliphatic carbocycles. The number of rotatable bonds is 3. The van der Waals surface area contributed by atoms with Crippen LogP contribution in [0.5, 0.6) is 0 Å². The zero-order valence-corrected chi connectivity index (χ0v) is 11.3. The summed E-state index contributed by atoms with van der Waals surface area (Å²) in [6.45, 7) is 0. The minimum atomic E-state index is -0.578. The van der Waals surface area contributed by atoms with Gasteiger partial charge in [0.05, 0.1) is 4.92 Å². The van der Waals surface area contributed by atoms with Crippen molar-refractivity contribution in [2.24, 2.45) is 4.99 Å². The number of non-ortho nitro benzene ring substituents is 1. The number of esters is 1. The Balaban J connectivity index is 1.94. The molecule has 0 saturated carbocycles. The van der Waals surface area contributed by atoms with Crippen LogP contribution in [0.3, 0.4) is 0 Å². The van der Waals surface area contributed by atoms with Crippen molar-refractivity contribution in [3.8, 4) is 0 Å². The molecule has 6 heteroatoms. The van der Waals surface area contributed by atoms with E-state index >= 15 is 0 Å². The van der Waals surface area contributed by atoms with E-state index in [-0.39, 0.29) is 17.3 Å². The molecule has 2 aromatic rings. The van der Waals surface area contributed by atoms with Crippen LogP contribution in [-0.4, -0.2) is 16.8 Å². The molecule has 0 radical (unpaired) electrons. The first-order valence-corrected chi connectivity index (χ1v) is 6.46. The summed E-state index contributed by atoms with van der Waals surface area (Å²) in [5.41, 5.74) is 1.27. The van der Waals surface area contributed by atoms with E-state index in [0.29, 0.717) is 11.1 Å². The number of hydrogen-bond donors (Lipinski definition) is 0. The zero-order valence-electron chi connectivity index (χ0n) is 11.3. The second kappa shape index (κ2) is 5.61. The average Bonchev–Trinajstić information content (AvgIpc) is 2.89. The van der Waals surface area contributed by atoms with Crippen molar-refractivity contribution < 1.29 is 14.5 Å². The molecule has 0 unspecified atom stereocenters. The van der Waals surface area contributed by atoms with E-state index in [1.165, 1.54) is 18.2 Å². The van der Waals surface area contributed by atoms with Gasteiger partial charge in [-0.25, -0.2) is 9.79 Å². The fraction of sp³-hybridized carbons (Fsp3) is 0. The second-order valence-electron chi connectivity index (χ2n) is 4.55. The lowest BCUT2D eigenvalue weighted by Gasteiger charge is -1.97. The largest absolute Gasteiger partial charge is 0.402 e. The van der Waals surface area contributed by atoms with Crippen LogP contribution >= 0.6 is 0 Å². The normalized spacial score (nSPS) is 15.5. The summed E-state index contributed by atoms with van der Waals surface area (Å²) in [5, 5.41) is 10.8. The SMILES string of the molecule is O=C1OC(c2ccccc2)=N/C1=C/c1cccc([N+](=O)[O-])c1. The standard InChI is InChI=1S/C16H10N2O4/c19-16-14(10-11-5-4-8-13(9-11)18(20)21)17-15(22-16)12-6-2-1-3-7-12/h1-10H/b14-10+. The Labute approximate surface area is 125 Å². The maximum atomic E-state index is 11.8. The lowest BCUT2D eigenvalue weighted by atomic mass is 10.1. The van der Waals surface area contributed by atoms with Gasteiger partial charge in [0.25, 0.3) is 5.69 Å². The molecule has 6 nitrogen and oxygen atoms in total. The summed E-state index contributed by atoms with van der Waals surface area (Å²) in [4.78, 5) is 26.3. The van der Waals surface area contributed by atoms with E-state index in [1.54, 1.807) is 24.3 Å². The summed E-state index contributed by atoms with van der Waals surface area (Å²) in [7, 11) is 0. The molecule has 1 heterocycles. The van der Waals surface area contributed by atoms with E-state index in [4.69, 9.17) is 4.74 Å². The van der Waals surface area contributed by atoms with Gasteiger partial charge in [0.2, 0.25) is 5.90 Å². The Kier molecular flexibility index (Phi) is 3.49. The van der Waals surface area contributed by atoms with Gasteiger partial charge in [-0.05, 0) is 23.8 Å². The maximum Gasteiger partial charge on any atom is 0.363 e. The summed E-state index contributed by atoms with van der Waals surface area (Å²) in [5.74, 6) is -0.354. The number of nitrogens with zero attached hydrogens (tertiary/aromatic N) is 2. The van der Waals surface area contributed by atoms with Crippen LogP contribution < -0.4 is 0 Å². The molecule has 0 saturated heterocycles. The molecule has 108 valence electrons. The number of hydrogen-bond acceptors (Lipinski definition) is 5. The molecule has 22 heavy (non-hydrogen) atoms. The van der Waals surface area contributed by atoms with Crippen LogP contribution in [0.25, 0.3) is 6.08 Å². The van der Waals surface area contributed by atoms with Crippen LogP contribution in [0, 0.1) is 10.1 Å². The zero-order chi connectivity index (χ0) is 15.5. The Bertz CT molecular complexity index is 810. The van der Waals surface area contributed by atoms with E-state index < -0.39 is 10.9 Å². The first kappa shape index (κ1) is 13.7. The molecular weight excluding hydrogens is 284 g/mol. The first-order chi connectivity index (χ1) is 10.6. The number of aliphatic imine (C=N–C) groups is 1. The van der Waals surface area contributed by atoms with Crippen molar-refractivity contribution in [1.82, 2.24) is 0 Å². The number of carbonyl (C=O) groups excluding carboxylic acids is 1. The van der Waals surface area contributed by atoms with Gasteiger partial charge in [-0.1, -0.05) is 30.3 Å². The molecule has 0 aromatic heterocycles. The van der Waals surface area contributed by atoms with Crippen LogP contribution in [0.15, 0.2) is 65.3 Å². The number of carbonyl (C=O) groups is 1. The van der Waals surface area contributed by atoms with E-state index in [1.807, 2.05) is 18.2 Å². The molecule has 0 spiro atoms. The summed E-state index contributed by atoms with van der Waals surface area (Å²) in [6, 6.07) is 15.0. The third-order valence-electron chi connectivity index (χ3n) is 3.03. The molecule has 2 aromatic carbocycles. The smallest absolute Gasteiger partial charge is 0.363 e. The third kappa shape index (κ3) is 2.76. The monoisotopic (exact) mass is 294 g/mol. The van der Waals surface area contributed by atoms with Gasteiger partial charge in [0.15, 0.2) is 5.70 Å². The Morgan fingerprint density at radius 3 is 2.59 bits per heavy atom. The van der Waals surface area contributed by atoms with Crippen molar-refractivity contribution in [2.45, 2.75) is 0 Å². The molecular formula is C16H10N2O4. The highest BCUT2D eigenvalue weighted by molar-refractivity contribution is 6.12. The van der Waals surface area contributed by atoms with Gasteiger partial charge in [-0.2, -0.15) is 0 Å². The molecule has 3 rings (SSSR count). The van der Waals surface area contributed by atoms with E-state index in [0.717, 1.165) is 0 Å². The second-order valence-corrected chi connectivity index (χ2v) is 4.55. The van der Waals surface area contributed by atoms with Gasteiger partial charge in [-0.3, -0.25) is 10.1 Å². The average molecular weight is 294 g/mol. The topological polar surface area (TPSA) is 81.8 Å². The molecule has 0 atom stereocenters. The van der Waals surface area contributed by atoms with Gasteiger partial charge in [0.1, 0.15) is 0 Å². The highest BCUT2D eigenvalue weighted by Gasteiger charge is 2.24. The van der Waals surface area contributed by atoms with Gasteiger partial charge in [0, 0.05) is 17.7 Å². The third-order valence-corrected chi connectivity index (χ3v) is 3.03. The van der Waals surface area contributed by atoms with Crippen molar-refractivity contribution in [2.75, 3.05) is 0 Å². The lowest BCUT2D eigenvalue weighted by Crippen LogP contribution is -2.04. The Morgan fingerprint density at radius 1 is 1.09 bits per heavy atom. The highest BCUT2D eigenvalue weighted by Crippen LogP contribution is 2.21. The fourth-order valence-corrected chi connectivity index (χ4v) is 2.00. The van der Waals surface area contributed by atoms with E-state index in [2.05, 4.69) is 4.99 Å².